The Balaban J connectivity index is 2.31. The lowest BCUT2D eigenvalue weighted by Crippen LogP contribution is -2.30. The molecule has 0 spiro atoms. The number of nitrogens with one attached hydrogen (secondary N) is 1. The Kier molecular flexibility index (Phi) is 5.86. The predicted octanol–water partition coefficient (Wildman–Crippen LogP) is 3.26. The molecule has 3 N–H and O–H groups in total. The van der Waals surface area contributed by atoms with Crippen LogP contribution in [0.2, 0.25) is 0 Å². The van der Waals surface area contributed by atoms with Crippen molar-refractivity contribution in [3.8, 4) is 5.75 Å². The van der Waals surface area contributed by atoms with Crippen LogP contribution >= 0.6 is 0 Å². The fourth-order valence-electron chi connectivity index (χ4n) is 1.85. The van der Waals surface area contributed by atoms with E-state index in [0.29, 0.717) is 6.61 Å². The number of rotatable bonds is 8. The Morgan fingerprint density at radius 2 is 2.00 bits per heavy atom. The Morgan fingerprint density at radius 3 is 2.60 bits per heavy atom. The van der Waals surface area contributed by atoms with Crippen LogP contribution in [0.5, 0.6) is 5.75 Å². The van der Waals surface area contributed by atoms with Gasteiger partial charge in [0.15, 0.2) is 0 Å². The number of nitrogens with two attached hydrogens (primary N) is 1. The van der Waals surface area contributed by atoms with Gasteiger partial charge < -0.3 is 15.4 Å². The molecule has 0 radical (unpaired) electrons. The summed E-state index contributed by atoms with van der Waals surface area (Å²) in [6.45, 7) is 4.72. The highest BCUT2D eigenvalue weighted by Crippen LogP contribution is 2.23. The van der Waals surface area contributed by atoms with E-state index in [9.17, 15) is 0 Å². The molecule has 1 aromatic carbocycles. The van der Waals surface area contributed by atoms with Crippen molar-refractivity contribution in [2.24, 2.45) is 11.1 Å². The first-order valence-corrected chi connectivity index (χ1v) is 7.07. The quantitative estimate of drug-likeness (QED) is 0.435. The first-order chi connectivity index (χ1) is 9.33. The molecule has 0 atom stereocenters. The zero-order chi connectivity index (χ0) is 15.2. The molecule has 4 nitrogen and oxygen atoms in total. The zero-order valence-electron chi connectivity index (χ0n) is 13.1. The molecular weight excluding hydrogens is 250 g/mol. The molecule has 0 amide bonds. The summed E-state index contributed by atoms with van der Waals surface area (Å²) in [5, 5.41) is 7.52. The standard InChI is InChI=1S/C16H27N3O/c1-16(2,15(17)18)10-5-6-11-20-14-9-7-8-13(12-14)19(3)4/h7-9,12H,5-6,10-11H2,1-4H3,(H3,17,18). The largest absolute Gasteiger partial charge is 0.494 e. The number of ether oxygens (including phenoxy) is 1. The van der Waals surface area contributed by atoms with Crippen LogP contribution in [-0.2, 0) is 0 Å². The van der Waals surface area contributed by atoms with Crippen molar-refractivity contribution in [1.29, 1.82) is 5.41 Å². The van der Waals surface area contributed by atoms with E-state index in [1.807, 2.05) is 46.1 Å². The highest BCUT2D eigenvalue weighted by molar-refractivity contribution is 5.82. The summed E-state index contributed by atoms with van der Waals surface area (Å²) in [5.41, 5.74) is 6.50. The summed E-state index contributed by atoms with van der Waals surface area (Å²) in [6.07, 6.45) is 2.91. The van der Waals surface area contributed by atoms with Crippen molar-refractivity contribution in [3.05, 3.63) is 24.3 Å². The summed E-state index contributed by atoms with van der Waals surface area (Å²) >= 11 is 0. The van der Waals surface area contributed by atoms with Crippen molar-refractivity contribution in [2.75, 3.05) is 25.6 Å². The summed E-state index contributed by atoms with van der Waals surface area (Å²) < 4.78 is 5.76. The summed E-state index contributed by atoms with van der Waals surface area (Å²) in [7, 11) is 4.03. The summed E-state index contributed by atoms with van der Waals surface area (Å²) in [5.74, 6) is 1.17. The van der Waals surface area contributed by atoms with Crippen LogP contribution in [0.15, 0.2) is 24.3 Å². The van der Waals surface area contributed by atoms with E-state index in [2.05, 4.69) is 11.0 Å². The normalized spacial score (nSPS) is 11.2. The molecule has 20 heavy (non-hydrogen) atoms. The van der Waals surface area contributed by atoms with E-state index in [4.69, 9.17) is 15.9 Å². The van der Waals surface area contributed by atoms with Crippen LogP contribution in [0.3, 0.4) is 0 Å². The molecule has 0 aliphatic heterocycles. The second-order valence-corrected chi connectivity index (χ2v) is 5.99. The van der Waals surface area contributed by atoms with Crippen LogP contribution in [0, 0.1) is 10.8 Å². The van der Waals surface area contributed by atoms with Gasteiger partial charge in [-0.1, -0.05) is 19.9 Å². The lowest BCUT2D eigenvalue weighted by atomic mass is 9.86. The van der Waals surface area contributed by atoms with Crippen molar-refractivity contribution < 1.29 is 4.74 Å². The molecule has 0 aromatic heterocycles. The van der Waals surface area contributed by atoms with Crippen LogP contribution in [-0.4, -0.2) is 26.5 Å². The lowest BCUT2D eigenvalue weighted by molar-refractivity contribution is 0.296. The SMILES string of the molecule is CN(C)c1cccc(OCCCCC(C)(C)C(=N)N)c1. The molecule has 0 fully saturated rings. The van der Waals surface area contributed by atoms with Crippen molar-refractivity contribution in [2.45, 2.75) is 33.1 Å². The molecule has 4 heteroatoms. The van der Waals surface area contributed by atoms with E-state index in [1.54, 1.807) is 0 Å². The lowest BCUT2D eigenvalue weighted by Gasteiger charge is -2.22. The smallest absolute Gasteiger partial charge is 0.121 e. The van der Waals surface area contributed by atoms with Crippen LogP contribution in [0.4, 0.5) is 5.69 Å². The maximum Gasteiger partial charge on any atom is 0.121 e. The third-order valence-electron chi connectivity index (χ3n) is 3.53. The van der Waals surface area contributed by atoms with Crippen molar-refractivity contribution in [1.82, 2.24) is 0 Å². The minimum absolute atomic E-state index is 0.204. The minimum Gasteiger partial charge on any atom is -0.494 e. The fourth-order valence-corrected chi connectivity index (χ4v) is 1.85. The number of hydrogen-bond donors (Lipinski definition) is 2. The van der Waals surface area contributed by atoms with Gasteiger partial charge in [-0.05, 0) is 31.4 Å². The molecule has 1 aromatic rings. The highest BCUT2D eigenvalue weighted by atomic mass is 16.5. The molecule has 112 valence electrons. The Labute approximate surface area is 122 Å². The molecule has 0 aliphatic rings. The fraction of sp³-hybridized carbons (Fsp3) is 0.562. The average molecular weight is 277 g/mol. The highest BCUT2D eigenvalue weighted by Gasteiger charge is 2.20. The van der Waals surface area contributed by atoms with E-state index >= 15 is 0 Å². The molecule has 0 bridgehead atoms. The van der Waals surface area contributed by atoms with Crippen molar-refractivity contribution >= 4 is 11.5 Å². The van der Waals surface area contributed by atoms with Crippen molar-refractivity contribution in [3.63, 3.8) is 0 Å². The van der Waals surface area contributed by atoms with Gasteiger partial charge in [0, 0.05) is 31.3 Å². The summed E-state index contributed by atoms with van der Waals surface area (Å²) in [4.78, 5) is 2.06. The monoisotopic (exact) mass is 277 g/mol. The number of amidine groups is 1. The maximum atomic E-state index is 7.52. The van der Waals surface area contributed by atoms with E-state index < -0.39 is 0 Å². The number of nitrogens with zero attached hydrogens (tertiary/aromatic N) is 1. The Hall–Kier alpha value is -1.71. The van der Waals surface area contributed by atoms with E-state index in [-0.39, 0.29) is 11.3 Å². The Morgan fingerprint density at radius 1 is 1.30 bits per heavy atom. The first-order valence-electron chi connectivity index (χ1n) is 7.07. The third-order valence-corrected chi connectivity index (χ3v) is 3.53. The van der Waals surface area contributed by atoms with Gasteiger partial charge in [-0.25, -0.2) is 0 Å². The van der Waals surface area contributed by atoms with Gasteiger partial charge in [-0.2, -0.15) is 0 Å². The molecule has 0 heterocycles. The maximum absolute atomic E-state index is 7.52. The van der Waals surface area contributed by atoms with Gasteiger partial charge in [0.05, 0.1) is 12.4 Å². The van der Waals surface area contributed by atoms with Crippen LogP contribution in [0.1, 0.15) is 33.1 Å². The molecule has 0 unspecified atom stereocenters. The summed E-state index contributed by atoms with van der Waals surface area (Å²) in [6, 6.07) is 8.08. The molecule has 0 aliphatic carbocycles. The van der Waals surface area contributed by atoms with Gasteiger partial charge in [-0.3, -0.25) is 5.41 Å². The molecular formula is C16H27N3O. The second-order valence-electron chi connectivity index (χ2n) is 5.99. The molecule has 0 saturated carbocycles. The van der Waals surface area contributed by atoms with Gasteiger partial charge in [-0.15, -0.1) is 0 Å². The predicted molar refractivity (Wildman–Crippen MR) is 85.8 cm³/mol. The number of unbranched alkanes of at least 4 members (excludes halogenated alkanes) is 1. The molecule has 0 saturated heterocycles. The van der Waals surface area contributed by atoms with Gasteiger partial charge >= 0.3 is 0 Å². The number of hydrogen-bond acceptors (Lipinski definition) is 3. The van der Waals surface area contributed by atoms with Gasteiger partial charge in [0.25, 0.3) is 0 Å². The molecule has 1 rings (SSSR count). The Bertz CT molecular complexity index is 441. The van der Waals surface area contributed by atoms with Gasteiger partial charge in [0.1, 0.15) is 5.75 Å². The third kappa shape index (κ3) is 5.11. The number of anilines is 1. The van der Waals surface area contributed by atoms with E-state index in [0.717, 1.165) is 30.7 Å². The minimum atomic E-state index is -0.204. The van der Waals surface area contributed by atoms with E-state index in [1.165, 1.54) is 0 Å². The van der Waals surface area contributed by atoms with Crippen LogP contribution in [0.25, 0.3) is 0 Å². The second kappa shape index (κ2) is 7.17. The number of benzene rings is 1. The average Bonchev–Trinajstić information content (AvgIpc) is 2.38. The first kappa shape index (κ1) is 16.3. The zero-order valence-corrected chi connectivity index (χ0v) is 13.1. The van der Waals surface area contributed by atoms with Gasteiger partial charge in [0.2, 0.25) is 0 Å². The topological polar surface area (TPSA) is 62.3 Å². The van der Waals surface area contributed by atoms with Crippen LogP contribution < -0.4 is 15.4 Å².